The molecule has 0 aliphatic carbocycles. The molecule has 0 unspecified atom stereocenters. The molecule has 6 heteroatoms. The number of hydrogen-bond donors (Lipinski definition) is 0. The van der Waals surface area contributed by atoms with Gasteiger partial charge in [-0.1, -0.05) is 25.1 Å². The maximum atomic E-state index is 13.7. The molecule has 0 saturated carbocycles. The van der Waals surface area contributed by atoms with E-state index in [0.29, 0.717) is 17.0 Å². The van der Waals surface area contributed by atoms with E-state index < -0.39 is 0 Å². The lowest BCUT2D eigenvalue weighted by Crippen LogP contribution is -2.47. The van der Waals surface area contributed by atoms with Crippen LogP contribution in [0.15, 0.2) is 48.2 Å². The van der Waals surface area contributed by atoms with E-state index in [0.717, 1.165) is 49.5 Å². The Labute approximate surface area is 190 Å². The first-order valence-corrected chi connectivity index (χ1v) is 11.3. The smallest absolute Gasteiger partial charge is 0.282 e. The fourth-order valence-corrected chi connectivity index (χ4v) is 4.39. The highest BCUT2D eigenvalue weighted by atomic mass is 16.2. The van der Waals surface area contributed by atoms with E-state index in [1.165, 1.54) is 10.5 Å². The van der Waals surface area contributed by atoms with Crippen LogP contribution >= 0.6 is 0 Å². The number of carbonyl (C=O) groups excluding carboxylic acids is 2. The van der Waals surface area contributed by atoms with Crippen LogP contribution in [-0.2, 0) is 9.59 Å². The molecule has 0 radical (unpaired) electrons. The van der Waals surface area contributed by atoms with Crippen LogP contribution in [-0.4, -0.2) is 68.4 Å². The van der Waals surface area contributed by atoms with Crippen molar-refractivity contribution in [3.05, 3.63) is 64.9 Å². The first-order chi connectivity index (χ1) is 15.3. The minimum absolute atomic E-state index is 0.231. The number of imide groups is 1. The van der Waals surface area contributed by atoms with Crippen LogP contribution in [0.25, 0.3) is 5.57 Å². The Kier molecular flexibility index (Phi) is 6.07. The molecular formula is C26H32N4O2. The summed E-state index contributed by atoms with van der Waals surface area (Å²) in [5.41, 5.74) is 5.76. The Morgan fingerprint density at radius 2 is 1.50 bits per heavy atom. The maximum absolute atomic E-state index is 13.7. The van der Waals surface area contributed by atoms with Gasteiger partial charge in [0.2, 0.25) is 0 Å². The van der Waals surface area contributed by atoms with Gasteiger partial charge in [0.05, 0.1) is 11.3 Å². The summed E-state index contributed by atoms with van der Waals surface area (Å²) in [6.45, 7) is 10.5. The molecule has 2 aromatic rings. The number of benzene rings is 2. The van der Waals surface area contributed by atoms with Crippen LogP contribution in [0.4, 0.5) is 11.4 Å². The fourth-order valence-electron chi connectivity index (χ4n) is 4.39. The highest BCUT2D eigenvalue weighted by Gasteiger charge is 2.43. The van der Waals surface area contributed by atoms with Gasteiger partial charge in [-0.05, 0) is 61.3 Å². The first kappa shape index (κ1) is 22.1. The van der Waals surface area contributed by atoms with Gasteiger partial charge in [-0.25, -0.2) is 4.90 Å². The predicted molar refractivity (Wildman–Crippen MR) is 130 cm³/mol. The van der Waals surface area contributed by atoms with Gasteiger partial charge in [0, 0.05) is 46.0 Å². The highest BCUT2D eigenvalue weighted by molar-refractivity contribution is 6.45. The van der Waals surface area contributed by atoms with Crippen molar-refractivity contribution in [1.29, 1.82) is 0 Å². The minimum atomic E-state index is -0.247. The Hall–Kier alpha value is -3.12. The van der Waals surface area contributed by atoms with E-state index in [-0.39, 0.29) is 11.8 Å². The summed E-state index contributed by atoms with van der Waals surface area (Å²) in [6.07, 6.45) is 0. The number of carbonyl (C=O) groups is 2. The standard InChI is InChI=1S/C26H32N4O2/c1-6-28-13-15-29(16-14-28)24-23(20-8-7-18(2)19(3)17-20)25(31)30(26(24)32)22-11-9-21(10-12-22)27(4)5/h7-12,17H,6,13-16H2,1-5H3. The lowest BCUT2D eigenvalue weighted by molar-refractivity contribution is -0.120. The normalized spacial score (nSPS) is 17.5. The van der Waals surface area contributed by atoms with Gasteiger partial charge in [0.1, 0.15) is 5.70 Å². The van der Waals surface area contributed by atoms with Gasteiger partial charge in [-0.15, -0.1) is 0 Å². The third kappa shape index (κ3) is 3.91. The van der Waals surface area contributed by atoms with Crippen LogP contribution in [0.1, 0.15) is 23.6 Å². The van der Waals surface area contributed by atoms with Crippen LogP contribution < -0.4 is 9.80 Å². The molecule has 1 saturated heterocycles. The Bertz CT molecular complexity index is 1060. The third-order valence-corrected chi connectivity index (χ3v) is 6.62. The number of likely N-dealkylation sites (N-methyl/N-ethyl adjacent to an activating group) is 1. The van der Waals surface area contributed by atoms with Gasteiger partial charge in [0.25, 0.3) is 11.8 Å². The van der Waals surface area contributed by atoms with Gasteiger partial charge in [0.15, 0.2) is 0 Å². The number of nitrogens with zero attached hydrogens (tertiary/aromatic N) is 4. The summed E-state index contributed by atoms with van der Waals surface area (Å²) < 4.78 is 0. The Morgan fingerprint density at radius 1 is 0.844 bits per heavy atom. The molecule has 2 heterocycles. The molecule has 32 heavy (non-hydrogen) atoms. The lowest BCUT2D eigenvalue weighted by atomic mass is 9.99. The number of amides is 2. The van der Waals surface area contributed by atoms with Crippen molar-refractivity contribution in [2.75, 3.05) is 56.6 Å². The molecule has 1 fully saturated rings. The zero-order valence-electron chi connectivity index (χ0n) is 19.7. The fraction of sp³-hybridized carbons (Fsp3) is 0.385. The lowest BCUT2D eigenvalue weighted by Gasteiger charge is -2.36. The second-order valence-corrected chi connectivity index (χ2v) is 8.80. The average molecular weight is 433 g/mol. The predicted octanol–water partition coefficient (Wildman–Crippen LogP) is 3.29. The van der Waals surface area contributed by atoms with Crippen LogP contribution in [0.3, 0.4) is 0 Å². The molecule has 2 aliphatic heterocycles. The summed E-state index contributed by atoms with van der Waals surface area (Å²) in [5, 5.41) is 0. The van der Waals surface area contributed by atoms with E-state index in [1.54, 1.807) is 0 Å². The summed E-state index contributed by atoms with van der Waals surface area (Å²) in [5.74, 6) is -0.477. The first-order valence-electron chi connectivity index (χ1n) is 11.3. The van der Waals surface area contributed by atoms with Crippen molar-refractivity contribution < 1.29 is 9.59 Å². The quantitative estimate of drug-likeness (QED) is 0.679. The number of hydrogen-bond acceptors (Lipinski definition) is 5. The molecule has 4 rings (SSSR count). The van der Waals surface area contributed by atoms with Gasteiger partial charge in [-0.3, -0.25) is 9.59 Å². The molecule has 6 nitrogen and oxygen atoms in total. The molecule has 0 atom stereocenters. The maximum Gasteiger partial charge on any atom is 0.282 e. The zero-order chi connectivity index (χ0) is 23.0. The molecule has 2 aliphatic rings. The van der Waals surface area contributed by atoms with Crippen molar-refractivity contribution in [1.82, 2.24) is 9.80 Å². The molecule has 168 valence electrons. The van der Waals surface area contributed by atoms with Crippen molar-refractivity contribution in [2.45, 2.75) is 20.8 Å². The second kappa shape index (κ2) is 8.79. The SMILES string of the molecule is CCN1CCN(C2=C(c3ccc(C)c(C)c3)C(=O)N(c3ccc(N(C)C)cc3)C2=O)CC1. The molecule has 0 bridgehead atoms. The van der Waals surface area contributed by atoms with Crippen LogP contribution in [0, 0.1) is 13.8 Å². The van der Waals surface area contributed by atoms with Crippen molar-refractivity contribution in [3.8, 4) is 0 Å². The molecule has 2 aromatic carbocycles. The van der Waals surface area contributed by atoms with E-state index in [1.807, 2.05) is 68.4 Å². The van der Waals surface area contributed by atoms with Gasteiger partial charge in [-0.2, -0.15) is 0 Å². The van der Waals surface area contributed by atoms with E-state index in [2.05, 4.69) is 23.6 Å². The zero-order valence-corrected chi connectivity index (χ0v) is 19.7. The largest absolute Gasteiger partial charge is 0.378 e. The van der Waals surface area contributed by atoms with E-state index in [9.17, 15) is 9.59 Å². The molecule has 0 N–H and O–H groups in total. The van der Waals surface area contributed by atoms with E-state index >= 15 is 0 Å². The third-order valence-electron chi connectivity index (χ3n) is 6.62. The van der Waals surface area contributed by atoms with Crippen molar-refractivity contribution in [2.24, 2.45) is 0 Å². The number of piperazine rings is 1. The summed E-state index contributed by atoms with van der Waals surface area (Å²) in [4.78, 5) is 35.2. The van der Waals surface area contributed by atoms with Gasteiger partial charge < -0.3 is 14.7 Å². The summed E-state index contributed by atoms with van der Waals surface area (Å²) in [7, 11) is 3.93. The van der Waals surface area contributed by atoms with Crippen LogP contribution in [0.5, 0.6) is 0 Å². The minimum Gasteiger partial charge on any atom is -0.378 e. The number of aryl methyl sites for hydroxylation is 2. The molecule has 2 amide bonds. The average Bonchev–Trinajstić information content (AvgIpc) is 3.05. The summed E-state index contributed by atoms with van der Waals surface area (Å²) >= 11 is 0. The summed E-state index contributed by atoms with van der Waals surface area (Å²) in [6, 6.07) is 13.6. The van der Waals surface area contributed by atoms with Crippen molar-refractivity contribution in [3.63, 3.8) is 0 Å². The van der Waals surface area contributed by atoms with Crippen molar-refractivity contribution >= 4 is 28.8 Å². The molecular weight excluding hydrogens is 400 g/mol. The molecule has 0 aromatic heterocycles. The topological polar surface area (TPSA) is 47.1 Å². The second-order valence-electron chi connectivity index (χ2n) is 8.80. The highest BCUT2D eigenvalue weighted by Crippen LogP contribution is 2.36. The van der Waals surface area contributed by atoms with Crippen LogP contribution in [0.2, 0.25) is 0 Å². The van der Waals surface area contributed by atoms with E-state index in [4.69, 9.17) is 0 Å². The van der Waals surface area contributed by atoms with Gasteiger partial charge >= 0.3 is 0 Å². The number of rotatable bonds is 5. The Morgan fingerprint density at radius 3 is 2.06 bits per heavy atom. The molecule has 0 spiro atoms. The monoisotopic (exact) mass is 432 g/mol. The number of anilines is 2. The Balaban J connectivity index is 1.77.